The second-order valence-corrected chi connectivity index (χ2v) is 3.05. The maximum atomic E-state index is 11.6. The number of nitrogens with two attached hydrogens (primary N) is 1. The van der Waals surface area contributed by atoms with E-state index in [0.717, 1.165) is 12.8 Å². The number of hydrogen-bond donors (Lipinski definition) is 2. The molecule has 1 atom stereocenters. The Morgan fingerprint density at radius 3 is 2.58 bits per heavy atom. The van der Waals surface area contributed by atoms with Crippen LogP contribution in [0.4, 0.5) is 8.78 Å². The Morgan fingerprint density at radius 2 is 2.17 bits per heavy atom. The van der Waals surface area contributed by atoms with Crippen LogP contribution in [0.3, 0.4) is 0 Å². The third-order valence-electron chi connectivity index (χ3n) is 1.94. The largest absolute Gasteiger partial charge is 0.350 e. The van der Waals surface area contributed by atoms with E-state index in [1.54, 1.807) is 0 Å². The molecule has 0 aliphatic heterocycles. The molecule has 1 aliphatic carbocycles. The number of carbonyl (C=O) groups excluding carboxylic acids is 1. The Hall–Kier alpha value is -0.710. The van der Waals surface area contributed by atoms with Gasteiger partial charge in [0.15, 0.2) is 0 Å². The zero-order chi connectivity index (χ0) is 9.14. The summed E-state index contributed by atoms with van der Waals surface area (Å²) in [6.07, 6.45) is -0.839. The Kier molecular flexibility index (Phi) is 2.97. The SMILES string of the molecule is NC(CNC(=O)C(F)F)C1CC1. The fourth-order valence-corrected chi connectivity index (χ4v) is 0.987. The summed E-state index contributed by atoms with van der Waals surface area (Å²) < 4.78 is 23.3. The van der Waals surface area contributed by atoms with Gasteiger partial charge in [-0.1, -0.05) is 0 Å². The van der Waals surface area contributed by atoms with Gasteiger partial charge in [-0.25, -0.2) is 0 Å². The molecule has 0 spiro atoms. The van der Waals surface area contributed by atoms with E-state index >= 15 is 0 Å². The molecule has 1 amide bonds. The number of nitrogens with one attached hydrogen (secondary N) is 1. The van der Waals surface area contributed by atoms with Crippen molar-refractivity contribution >= 4 is 5.91 Å². The number of alkyl halides is 2. The van der Waals surface area contributed by atoms with E-state index in [1.807, 2.05) is 0 Å². The van der Waals surface area contributed by atoms with Crippen molar-refractivity contribution in [3.05, 3.63) is 0 Å². The molecular formula is C7H12F2N2O. The number of rotatable bonds is 4. The Labute approximate surface area is 69.3 Å². The lowest BCUT2D eigenvalue weighted by Crippen LogP contribution is -2.40. The molecule has 0 aromatic carbocycles. The summed E-state index contributed by atoms with van der Waals surface area (Å²) in [6, 6.07) is -0.160. The Bertz CT molecular complexity index is 171. The second kappa shape index (κ2) is 3.80. The topological polar surface area (TPSA) is 55.1 Å². The monoisotopic (exact) mass is 178 g/mol. The minimum absolute atomic E-state index is 0.160. The zero-order valence-corrected chi connectivity index (χ0v) is 6.59. The summed E-state index contributed by atoms with van der Waals surface area (Å²) in [4.78, 5) is 10.4. The van der Waals surface area contributed by atoms with Crippen molar-refractivity contribution in [3.63, 3.8) is 0 Å². The van der Waals surface area contributed by atoms with Crippen molar-refractivity contribution < 1.29 is 13.6 Å². The van der Waals surface area contributed by atoms with Crippen molar-refractivity contribution in [1.82, 2.24) is 5.32 Å². The molecule has 3 N–H and O–H groups in total. The summed E-state index contributed by atoms with van der Waals surface area (Å²) in [5.41, 5.74) is 5.57. The number of amides is 1. The lowest BCUT2D eigenvalue weighted by Gasteiger charge is -2.10. The van der Waals surface area contributed by atoms with Crippen LogP contribution in [0.1, 0.15) is 12.8 Å². The number of halogens is 2. The second-order valence-electron chi connectivity index (χ2n) is 3.05. The molecule has 0 aromatic heterocycles. The third-order valence-corrected chi connectivity index (χ3v) is 1.94. The van der Waals surface area contributed by atoms with Gasteiger partial charge in [-0.15, -0.1) is 0 Å². The van der Waals surface area contributed by atoms with E-state index in [4.69, 9.17) is 5.73 Å². The first-order valence-corrected chi connectivity index (χ1v) is 3.92. The first-order chi connectivity index (χ1) is 5.61. The van der Waals surface area contributed by atoms with E-state index in [-0.39, 0.29) is 12.6 Å². The maximum absolute atomic E-state index is 11.6. The van der Waals surface area contributed by atoms with Gasteiger partial charge in [0, 0.05) is 12.6 Å². The van der Waals surface area contributed by atoms with Crippen LogP contribution in [-0.2, 0) is 4.79 Å². The molecule has 1 fully saturated rings. The average molecular weight is 178 g/mol. The minimum atomic E-state index is -2.93. The van der Waals surface area contributed by atoms with Crippen molar-refractivity contribution in [3.8, 4) is 0 Å². The van der Waals surface area contributed by atoms with Gasteiger partial charge in [0.05, 0.1) is 0 Å². The van der Waals surface area contributed by atoms with Crippen LogP contribution in [-0.4, -0.2) is 24.9 Å². The molecule has 1 rings (SSSR count). The third kappa shape index (κ3) is 2.73. The van der Waals surface area contributed by atoms with Crippen LogP contribution in [0.25, 0.3) is 0 Å². The van der Waals surface area contributed by atoms with E-state index in [2.05, 4.69) is 5.32 Å². The highest BCUT2D eigenvalue weighted by Crippen LogP contribution is 2.31. The standard InChI is InChI=1S/C7H12F2N2O/c8-6(9)7(12)11-3-5(10)4-1-2-4/h4-6H,1-3,10H2,(H,11,12). The highest BCUT2D eigenvalue weighted by Gasteiger charge is 2.29. The van der Waals surface area contributed by atoms with Gasteiger partial charge < -0.3 is 11.1 Å². The Morgan fingerprint density at radius 1 is 1.58 bits per heavy atom. The summed E-state index contributed by atoms with van der Waals surface area (Å²) in [6.45, 7) is 0.161. The predicted octanol–water partition coefficient (Wildman–Crippen LogP) is 0.105. The molecule has 1 unspecified atom stereocenters. The van der Waals surface area contributed by atoms with E-state index in [0.29, 0.717) is 5.92 Å². The molecule has 0 aromatic rings. The zero-order valence-electron chi connectivity index (χ0n) is 6.59. The smallest absolute Gasteiger partial charge is 0.315 e. The van der Waals surface area contributed by atoms with E-state index < -0.39 is 12.3 Å². The molecule has 3 nitrogen and oxygen atoms in total. The summed E-state index contributed by atoms with van der Waals surface area (Å²) in [5.74, 6) is -0.811. The average Bonchev–Trinajstić information content (AvgIpc) is 2.81. The minimum Gasteiger partial charge on any atom is -0.350 e. The number of hydrogen-bond acceptors (Lipinski definition) is 2. The molecule has 70 valence electrons. The maximum Gasteiger partial charge on any atom is 0.315 e. The van der Waals surface area contributed by atoms with E-state index in [1.165, 1.54) is 0 Å². The van der Waals surface area contributed by atoms with Crippen LogP contribution in [0.5, 0.6) is 0 Å². The van der Waals surface area contributed by atoms with Gasteiger partial charge in [-0.3, -0.25) is 4.79 Å². The van der Waals surface area contributed by atoms with Gasteiger partial charge >= 0.3 is 6.43 Å². The molecule has 0 saturated heterocycles. The van der Waals surface area contributed by atoms with Gasteiger partial charge in [-0.05, 0) is 18.8 Å². The van der Waals surface area contributed by atoms with Gasteiger partial charge in [0.2, 0.25) is 0 Å². The molecule has 0 heterocycles. The molecule has 0 radical (unpaired) electrons. The summed E-state index contributed by atoms with van der Waals surface area (Å²) >= 11 is 0. The molecule has 12 heavy (non-hydrogen) atoms. The van der Waals surface area contributed by atoms with Gasteiger partial charge in [0.1, 0.15) is 0 Å². The molecule has 5 heteroatoms. The van der Waals surface area contributed by atoms with Crippen LogP contribution in [0.15, 0.2) is 0 Å². The normalized spacial score (nSPS) is 19.3. The molecule has 1 aliphatic rings. The highest BCUT2D eigenvalue weighted by atomic mass is 19.3. The lowest BCUT2D eigenvalue weighted by molar-refractivity contribution is -0.131. The van der Waals surface area contributed by atoms with Crippen LogP contribution in [0.2, 0.25) is 0 Å². The fourth-order valence-electron chi connectivity index (χ4n) is 0.987. The molecule has 1 saturated carbocycles. The first-order valence-electron chi connectivity index (χ1n) is 3.92. The van der Waals surface area contributed by atoms with Gasteiger partial charge in [-0.2, -0.15) is 8.78 Å². The van der Waals surface area contributed by atoms with Gasteiger partial charge in [0.25, 0.3) is 5.91 Å². The van der Waals surface area contributed by atoms with Crippen molar-refractivity contribution in [1.29, 1.82) is 0 Å². The van der Waals surface area contributed by atoms with Crippen molar-refractivity contribution in [2.45, 2.75) is 25.3 Å². The quantitative estimate of drug-likeness (QED) is 0.641. The first kappa shape index (κ1) is 9.38. The Balaban J connectivity index is 2.11. The van der Waals surface area contributed by atoms with Crippen molar-refractivity contribution in [2.24, 2.45) is 11.7 Å². The fraction of sp³-hybridized carbons (Fsp3) is 0.857. The van der Waals surface area contributed by atoms with Crippen LogP contribution in [0, 0.1) is 5.92 Å². The summed E-state index contributed by atoms with van der Waals surface area (Å²) in [7, 11) is 0. The highest BCUT2D eigenvalue weighted by molar-refractivity contribution is 5.79. The summed E-state index contributed by atoms with van der Waals surface area (Å²) in [5, 5.41) is 2.09. The van der Waals surface area contributed by atoms with Crippen LogP contribution >= 0.6 is 0 Å². The van der Waals surface area contributed by atoms with Crippen LogP contribution < -0.4 is 11.1 Å². The number of carbonyl (C=O) groups is 1. The van der Waals surface area contributed by atoms with E-state index in [9.17, 15) is 13.6 Å². The molecular weight excluding hydrogens is 166 g/mol. The molecule has 0 bridgehead atoms. The van der Waals surface area contributed by atoms with Crippen molar-refractivity contribution in [2.75, 3.05) is 6.54 Å². The predicted molar refractivity (Wildman–Crippen MR) is 39.7 cm³/mol. The lowest BCUT2D eigenvalue weighted by atomic mass is 10.2.